The number of likely N-dealkylation sites (tertiary alicyclic amines) is 1. The molecule has 7 heteroatoms. The summed E-state index contributed by atoms with van der Waals surface area (Å²) in [4.78, 5) is 14.2. The second-order valence-electron chi connectivity index (χ2n) is 6.31. The van der Waals surface area contributed by atoms with Crippen molar-refractivity contribution in [3.63, 3.8) is 0 Å². The van der Waals surface area contributed by atoms with E-state index in [0.29, 0.717) is 5.69 Å². The van der Waals surface area contributed by atoms with Crippen molar-refractivity contribution in [3.05, 3.63) is 24.3 Å². The number of nitrogens with zero attached hydrogens (tertiary/aromatic N) is 1. The molecule has 1 aliphatic heterocycles. The summed E-state index contributed by atoms with van der Waals surface area (Å²) >= 11 is 0. The molecule has 2 N–H and O–H groups in total. The highest BCUT2D eigenvalue weighted by atomic mass is 32.2. The van der Waals surface area contributed by atoms with Crippen LogP contribution in [0.15, 0.2) is 29.2 Å². The number of piperidine rings is 1. The number of anilines is 1. The van der Waals surface area contributed by atoms with Crippen LogP contribution in [-0.2, 0) is 10.0 Å². The predicted octanol–water partition coefficient (Wildman–Crippen LogP) is 3.17. The Morgan fingerprint density at radius 1 is 1.17 bits per heavy atom. The summed E-state index contributed by atoms with van der Waals surface area (Å²) in [5, 5.41) is 2.82. The summed E-state index contributed by atoms with van der Waals surface area (Å²) in [7, 11) is -3.52. The van der Waals surface area contributed by atoms with Gasteiger partial charge in [-0.3, -0.25) is 0 Å². The Morgan fingerprint density at radius 3 is 2.38 bits per heavy atom. The fourth-order valence-electron chi connectivity index (χ4n) is 2.84. The quantitative estimate of drug-likeness (QED) is 0.824. The molecular weight excluding hydrogens is 326 g/mol. The van der Waals surface area contributed by atoms with Crippen molar-refractivity contribution in [1.29, 1.82) is 0 Å². The van der Waals surface area contributed by atoms with Crippen LogP contribution in [0.2, 0.25) is 0 Å². The van der Waals surface area contributed by atoms with E-state index in [1.165, 1.54) is 18.6 Å². The van der Waals surface area contributed by atoms with Crippen LogP contribution in [-0.4, -0.2) is 38.5 Å². The summed E-state index contributed by atoms with van der Waals surface area (Å²) in [6, 6.07) is 6.07. The van der Waals surface area contributed by atoms with Crippen molar-refractivity contribution in [3.8, 4) is 0 Å². The molecule has 134 valence electrons. The van der Waals surface area contributed by atoms with Crippen molar-refractivity contribution >= 4 is 21.7 Å². The summed E-state index contributed by atoms with van der Waals surface area (Å²) in [5.41, 5.74) is 0.603. The Kier molecular flexibility index (Phi) is 6.62. The smallest absolute Gasteiger partial charge is 0.321 e. The first-order chi connectivity index (χ1) is 11.4. The Labute approximate surface area is 144 Å². The molecule has 1 aromatic rings. The van der Waals surface area contributed by atoms with E-state index in [0.717, 1.165) is 38.8 Å². The summed E-state index contributed by atoms with van der Waals surface area (Å²) < 4.78 is 27.2. The van der Waals surface area contributed by atoms with Gasteiger partial charge in [0.1, 0.15) is 0 Å². The lowest BCUT2D eigenvalue weighted by atomic mass is 10.1. The molecule has 0 unspecified atom stereocenters. The lowest BCUT2D eigenvalue weighted by Crippen LogP contribution is -2.38. The van der Waals surface area contributed by atoms with Gasteiger partial charge in [-0.15, -0.1) is 0 Å². The molecule has 0 aliphatic carbocycles. The highest BCUT2D eigenvalue weighted by molar-refractivity contribution is 7.89. The van der Waals surface area contributed by atoms with E-state index in [-0.39, 0.29) is 17.0 Å². The van der Waals surface area contributed by atoms with Gasteiger partial charge in [0.25, 0.3) is 0 Å². The van der Waals surface area contributed by atoms with Crippen LogP contribution in [0.25, 0.3) is 0 Å². The Hall–Kier alpha value is -1.60. The van der Waals surface area contributed by atoms with Gasteiger partial charge in [-0.05, 0) is 56.9 Å². The third kappa shape index (κ3) is 5.21. The molecule has 1 fully saturated rings. The molecule has 24 heavy (non-hydrogen) atoms. The number of nitrogens with one attached hydrogen (secondary N) is 2. The van der Waals surface area contributed by atoms with Crippen LogP contribution in [0.3, 0.4) is 0 Å². The molecule has 1 aromatic carbocycles. The van der Waals surface area contributed by atoms with Gasteiger partial charge >= 0.3 is 6.03 Å². The normalized spacial score (nSPS) is 16.7. The molecule has 2 rings (SSSR count). The van der Waals surface area contributed by atoms with E-state index in [9.17, 15) is 13.2 Å². The zero-order valence-electron chi connectivity index (χ0n) is 14.4. The van der Waals surface area contributed by atoms with E-state index >= 15 is 0 Å². The van der Waals surface area contributed by atoms with Gasteiger partial charge in [0.05, 0.1) is 4.90 Å². The minimum atomic E-state index is -3.52. The van der Waals surface area contributed by atoms with Crippen LogP contribution < -0.4 is 10.0 Å². The number of urea groups is 1. The summed E-state index contributed by atoms with van der Waals surface area (Å²) in [6.07, 6.45) is 4.95. The first-order valence-corrected chi connectivity index (χ1v) is 10.1. The molecule has 0 bridgehead atoms. The van der Waals surface area contributed by atoms with E-state index in [2.05, 4.69) is 10.0 Å². The standard InChI is InChI=1S/C17H27N3O3S/c1-3-7-14(2)19-24(22,23)16-10-8-15(9-11-16)18-17(21)20-12-5-4-6-13-20/h8-11,14,19H,3-7,12-13H2,1-2H3,(H,18,21)/t14-/m1/s1. The molecular formula is C17H27N3O3S. The van der Waals surface area contributed by atoms with Crippen molar-refractivity contribution < 1.29 is 13.2 Å². The molecule has 0 spiro atoms. The van der Waals surface area contributed by atoms with Gasteiger partial charge in [-0.2, -0.15) is 0 Å². The number of carbonyl (C=O) groups excluding carboxylic acids is 1. The van der Waals surface area contributed by atoms with Gasteiger partial charge in [0, 0.05) is 24.8 Å². The number of carbonyl (C=O) groups is 1. The average Bonchev–Trinajstić information content (AvgIpc) is 2.56. The average molecular weight is 353 g/mol. The fraction of sp³-hybridized carbons (Fsp3) is 0.588. The maximum absolute atomic E-state index is 12.3. The first kappa shape index (κ1) is 18.7. The summed E-state index contributed by atoms with van der Waals surface area (Å²) in [6.45, 7) is 5.42. The van der Waals surface area contributed by atoms with E-state index in [4.69, 9.17) is 0 Å². The zero-order chi connectivity index (χ0) is 17.6. The molecule has 1 saturated heterocycles. The van der Waals surface area contributed by atoms with E-state index in [1.54, 1.807) is 17.0 Å². The molecule has 1 aliphatic rings. The number of hydrogen-bond donors (Lipinski definition) is 2. The molecule has 0 radical (unpaired) electrons. The van der Waals surface area contributed by atoms with E-state index < -0.39 is 10.0 Å². The predicted molar refractivity (Wildman–Crippen MR) is 95.6 cm³/mol. The van der Waals surface area contributed by atoms with Crippen LogP contribution in [0.4, 0.5) is 10.5 Å². The topological polar surface area (TPSA) is 78.5 Å². The number of sulfonamides is 1. The second kappa shape index (κ2) is 8.48. The zero-order valence-corrected chi connectivity index (χ0v) is 15.2. The van der Waals surface area contributed by atoms with Crippen molar-refractivity contribution in [1.82, 2.24) is 9.62 Å². The minimum Gasteiger partial charge on any atom is -0.325 e. The number of amides is 2. The lowest BCUT2D eigenvalue weighted by molar-refractivity contribution is 0.200. The van der Waals surface area contributed by atoms with Crippen molar-refractivity contribution in [2.24, 2.45) is 0 Å². The Morgan fingerprint density at radius 2 is 1.79 bits per heavy atom. The van der Waals surface area contributed by atoms with Crippen LogP contribution >= 0.6 is 0 Å². The van der Waals surface area contributed by atoms with E-state index in [1.807, 2.05) is 13.8 Å². The maximum Gasteiger partial charge on any atom is 0.321 e. The molecule has 1 atom stereocenters. The number of hydrogen-bond acceptors (Lipinski definition) is 3. The molecule has 2 amide bonds. The molecule has 1 heterocycles. The Bertz CT molecular complexity index is 638. The van der Waals surface area contributed by atoms with Gasteiger partial charge in [0.2, 0.25) is 10.0 Å². The van der Waals surface area contributed by atoms with Crippen LogP contribution in [0, 0.1) is 0 Å². The highest BCUT2D eigenvalue weighted by Gasteiger charge is 2.18. The highest BCUT2D eigenvalue weighted by Crippen LogP contribution is 2.16. The second-order valence-corrected chi connectivity index (χ2v) is 8.03. The number of rotatable bonds is 6. The lowest BCUT2D eigenvalue weighted by Gasteiger charge is -2.26. The minimum absolute atomic E-state index is 0.0986. The van der Waals surface area contributed by atoms with Gasteiger partial charge < -0.3 is 10.2 Å². The van der Waals surface area contributed by atoms with Crippen LogP contribution in [0.5, 0.6) is 0 Å². The van der Waals surface area contributed by atoms with Gasteiger partial charge in [0.15, 0.2) is 0 Å². The fourth-order valence-corrected chi connectivity index (χ4v) is 4.12. The number of benzene rings is 1. The third-order valence-corrected chi connectivity index (χ3v) is 5.74. The summed E-state index contributed by atoms with van der Waals surface area (Å²) in [5.74, 6) is 0. The molecule has 0 aromatic heterocycles. The third-order valence-electron chi connectivity index (χ3n) is 4.14. The van der Waals surface area contributed by atoms with Gasteiger partial charge in [-0.25, -0.2) is 17.9 Å². The van der Waals surface area contributed by atoms with Crippen molar-refractivity contribution in [2.75, 3.05) is 18.4 Å². The Balaban J connectivity index is 1.98. The molecule has 0 saturated carbocycles. The monoisotopic (exact) mass is 353 g/mol. The largest absolute Gasteiger partial charge is 0.325 e. The molecule has 6 nitrogen and oxygen atoms in total. The maximum atomic E-state index is 12.3. The van der Waals surface area contributed by atoms with Gasteiger partial charge in [-0.1, -0.05) is 13.3 Å². The first-order valence-electron chi connectivity index (χ1n) is 8.60. The SMILES string of the molecule is CCC[C@@H](C)NS(=O)(=O)c1ccc(NC(=O)N2CCCCC2)cc1. The van der Waals surface area contributed by atoms with Crippen molar-refractivity contribution in [2.45, 2.75) is 56.9 Å². The van der Waals surface area contributed by atoms with Crippen LogP contribution in [0.1, 0.15) is 46.0 Å².